The van der Waals surface area contributed by atoms with Crippen LogP contribution >= 0.6 is 11.3 Å². The van der Waals surface area contributed by atoms with Crippen molar-refractivity contribution >= 4 is 28.7 Å². The summed E-state index contributed by atoms with van der Waals surface area (Å²) in [6.45, 7) is 4.87. The fraction of sp³-hybridized carbons (Fsp3) is 0.375. The molecule has 2 aromatic rings. The number of amides is 1. The normalized spacial score (nSPS) is 14.1. The standard InChI is InChI=1S/C16H19N3OS/c1-11(2)17-15(20)16-18-14-13(21-16)9-6-10-19(14)12-7-4-3-5-8-12/h3-5,7-8,11H,6,9-10H2,1-2H3,(H,17,20). The van der Waals surface area contributed by atoms with Crippen molar-refractivity contribution in [3.63, 3.8) is 0 Å². The number of rotatable bonds is 3. The van der Waals surface area contributed by atoms with Crippen LogP contribution < -0.4 is 10.2 Å². The molecule has 110 valence electrons. The Morgan fingerprint density at radius 2 is 2.10 bits per heavy atom. The van der Waals surface area contributed by atoms with Gasteiger partial charge in [0, 0.05) is 23.2 Å². The predicted octanol–water partition coefficient (Wildman–Crippen LogP) is 3.37. The Labute approximate surface area is 128 Å². The molecule has 0 atom stereocenters. The molecule has 1 aliphatic rings. The summed E-state index contributed by atoms with van der Waals surface area (Å²) in [5, 5.41) is 3.48. The predicted molar refractivity (Wildman–Crippen MR) is 86.5 cm³/mol. The lowest BCUT2D eigenvalue weighted by Crippen LogP contribution is -2.30. The first-order chi connectivity index (χ1) is 10.1. The highest BCUT2D eigenvalue weighted by molar-refractivity contribution is 7.14. The summed E-state index contributed by atoms with van der Waals surface area (Å²) in [6.07, 6.45) is 2.10. The second-order valence-corrected chi connectivity index (χ2v) is 6.57. The van der Waals surface area contributed by atoms with E-state index in [-0.39, 0.29) is 11.9 Å². The number of nitrogens with one attached hydrogen (secondary N) is 1. The molecule has 5 heteroatoms. The molecule has 0 spiro atoms. The molecule has 0 radical (unpaired) electrons. The fourth-order valence-corrected chi connectivity index (χ4v) is 3.51. The Bertz CT molecular complexity index is 636. The largest absolute Gasteiger partial charge is 0.348 e. The van der Waals surface area contributed by atoms with Gasteiger partial charge in [0.2, 0.25) is 0 Å². The molecule has 0 saturated heterocycles. The van der Waals surface area contributed by atoms with Crippen molar-refractivity contribution in [3.8, 4) is 0 Å². The zero-order valence-electron chi connectivity index (χ0n) is 12.3. The zero-order chi connectivity index (χ0) is 14.8. The van der Waals surface area contributed by atoms with Crippen molar-refractivity contribution in [3.05, 3.63) is 40.2 Å². The molecule has 1 N–H and O–H groups in total. The van der Waals surface area contributed by atoms with E-state index in [4.69, 9.17) is 0 Å². The third-order valence-corrected chi connectivity index (χ3v) is 4.50. The first kappa shape index (κ1) is 14.1. The van der Waals surface area contributed by atoms with Crippen LogP contribution in [0.2, 0.25) is 0 Å². The molecular formula is C16H19N3OS. The first-order valence-corrected chi connectivity index (χ1v) is 8.10. The van der Waals surface area contributed by atoms with Gasteiger partial charge in [-0.1, -0.05) is 18.2 Å². The number of hydrogen-bond donors (Lipinski definition) is 1. The lowest BCUT2D eigenvalue weighted by atomic mass is 10.1. The van der Waals surface area contributed by atoms with E-state index in [0.717, 1.165) is 30.9 Å². The molecule has 0 unspecified atom stereocenters. The Morgan fingerprint density at radius 3 is 2.81 bits per heavy atom. The van der Waals surface area contributed by atoms with E-state index >= 15 is 0 Å². The van der Waals surface area contributed by atoms with E-state index in [0.29, 0.717) is 5.01 Å². The Balaban J connectivity index is 1.92. The summed E-state index contributed by atoms with van der Waals surface area (Å²) in [4.78, 5) is 20.1. The Morgan fingerprint density at radius 1 is 1.33 bits per heavy atom. The third kappa shape index (κ3) is 2.93. The molecule has 4 nitrogen and oxygen atoms in total. The minimum Gasteiger partial charge on any atom is -0.348 e. The van der Waals surface area contributed by atoms with E-state index in [9.17, 15) is 4.79 Å². The van der Waals surface area contributed by atoms with Crippen LogP contribution in [0.25, 0.3) is 0 Å². The molecule has 3 rings (SSSR count). The van der Waals surface area contributed by atoms with Gasteiger partial charge in [-0.2, -0.15) is 0 Å². The van der Waals surface area contributed by atoms with Crippen LogP contribution in [0.15, 0.2) is 30.3 Å². The van der Waals surface area contributed by atoms with Gasteiger partial charge in [0.15, 0.2) is 5.01 Å². The van der Waals surface area contributed by atoms with Crippen LogP contribution in [0.5, 0.6) is 0 Å². The Hall–Kier alpha value is -1.88. The van der Waals surface area contributed by atoms with Crippen molar-refractivity contribution in [2.45, 2.75) is 32.7 Å². The molecule has 0 bridgehead atoms. The van der Waals surface area contributed by atoms with Gasteiger partial charge in [-0.3, -0.25) is 4.79 Å². The zero-order valence-corrected chi connectivity index (χ0v) is 13.1. The maximum absolute atomic E-state index is 12.1. The summed E-state index contributed by atoms with van der Waals surface area (Å²) in [5.74, 6) is 0.878. The summed E-state index contributed by atoms with van der Waals surface area (Å²) in [6, 6.07) is 10.4. The SMILES string of the molecule is CC(C)NC(=O)c1nc2c(s1)CCCN2c1ccccc1. The van der Waals surface area contributed by atoms with Gasteiger partial charge in [-0.05, 0) is 38.8 Å². The maximum atomic E-state index is 12.1. The molecule has 1 aromatic heterocycles. The number of benzene rings is 1. The molecule has 1 amide bonds. The van der Waals surface area contributed by atoms with Crippen LogP contribution in [0.3, 0.4) is 0 Å². The molecule has 1 aliphatic heterocycles. The summed E-state index contributed by atoms with van der Waals surface area (Å²) in [5.41, 5.74) is 1.14. The van der Waals surface area contributed by atoms with Crippen LogP contribution in [-0.2, 0) is 6.42 Å². The van der Waals surface area contributed by atoms with Gasteiger partial charge in [0.05, 0.1) is 0 Å². The number of aryl methyl sites for hydroxylation is 1. The van der Waals surface area contributed by atoms with Crippen molar-refractivity contribution in [1.82, 2.24) is 10.3 Å². The molecule has 21 heavy (non-hydrogen) atoms. The molecule has 2 heterocycles. The number of nitrogens with zero attached hydrogens (tertiary/aromatic N) is 2. The van der Waals surface area contributed by atoms with Gasteiger partial charge in [-0.15, -0.1) is 11.3 Å². The summed E-state index contributed by atoms with van der Waals surface area (Å²) in [7, 11) is 0. The van der Waals surface area contributed by atoms with Crippen LogP contribution in [-0.4, -0.2) is 23.5 Å². The van der Waals surface area contributed by atoms with Gasteiger partial charge >= 0.3 is 0 Å². The molecule has 0 saturated carbocycles. The van der Waals surface area contributed by atoms with E-state index in [1.807, 2.05) is 32.0 Å². The van der Waals surface area contributed by atoms with Crippen LogP contribution in [0.4, 0.5) is 11.5 Å². The number of carbonyl (C=O) groups is 1. The lowest BCUT2D eigenvalue weighted by molar-refractivity contribution is 0.0943. The average Bonchev–Trinajstić information content (AvgIpc) is 2.91. The molecule has 0 aliphatic carbocycles. The first-order valence-electron chi connectivity index (χ1n) is 7.28. The lowest BCUT2D eigenvalue weighted by Gasteiger charge is -2.27. The molecule has 0 fully saturated rings. The van der Waals surface area contributed by atoms with E-state index in [1.165, 1.54) is 16.2 Å². The van der Waals surface area contributed by atoms with Crippen LogP contribution in [0, 0.1) is 0 Å². The number of carbonyl (C=O) groups excluding carboxylic acids is 1. The number of aromatic nitrogens is 1. The van der Waals surface area contributed by atoms with E-state index < -0.39 is 0 Å². The minimum absolute atomic E-state index is 0.0718. The number of anilines is 2. The number of para-hydroxylation sites is 1. The second kappa shape index (κ2) is 5.85. The maximum Gasteiger partial charge on any atom is 0.280 e. The van der Waals surface area contributed by atoms with Gasteiger partial charge in [-0.25, -0.2) is 4.98 Å². The highest BCUT2D eigenvalue weighted by Gasteiger charge is 2.25. The number of thiazole rings is 1. The fourth-order valence-electron chi connectivity index (χ4n) is 2.50. The van der Waals surface area contributed by atoms with Crippen molar-refractivity contribution in [2.24, 2.45) is 0 Å². The molecular weight excluding hydrogens is 282 g/mol. The van der Waals surface area contributed by atoms with E-state index in [1.54, 1.807) is 0 Å². The topological polar surface area (TPSA) is 45.2 Å². The van der Waals surface area contributed by atoms with Gasteiger partial charge < -0.3 is 10.2 Å². The second-order valence-electron chi connectivity index (χ2n) is 5.48. The summed E-state index contributed by atoms with van der Waals surface area (Å²) < 4.78 is 0. The number of hydrogen-bond acceptors (Lipinski definition) is 4. The summed E-state index contributed by atoms with van der Waals surface area (Å²) >= 11 is 1.52. The smallest absolute Gasteiger partial charge is 0.280 e. The minimum atomic E-state index is -0.0718. The quantitative estimate of drug-likeness (QED) is 0.945. The van der Waals surface area contributed by atoms with Crippen molar-refractivity contribution in [2.75, 3.05) is 11.4 Å². The number of fused-ring (bicyclic) bond motifs is 1. The highest BCUT2D eigenvalue weighted by Crippen LogP contribution is 2.36. The van der Waals surface area contributed by atoms with Crippen molar-refractivity contribution < 1.29 is 4.79 Å². The van der Waals surface area contributed by atoms with Crippen LogP contribution in [0.1, 0.15) is 34.9 Å². The highest BCUT2D eigenvalue weighted by atomic mass is 32.1. The molecule has 1 aromatic carbocycles. The van der Waals surface area contributed by atoms with Gasteiger partial charge in [0.25, 0.3) is 5.91 Å². The van der Waals surface area contributed by atoms with Gasteiger partial charge in [0.1, 0.15) is 5.82 Å². The third-order valence-electron chi connectivity index (χ3n) is 3.40. The van der Waals surface area contributed by atoms with E-state index in [2.05, 4.69) is 27.3 Å². The Kier molecular flexibility index (Phi) is 3.92. The average molecular weight is 301 g/mol. The monoisotopic (exact) mass is 301 g/mol. The van der Waals surface area contributed by atoms with Crippen molar-refractivity contribution in [1.29, 1.82) is 0 Å².